The van der Waals surface area contributed by atoms with E-state index in [0.29, 0.717) is 27.7 Å². The molecule has 3 N–H and O–H groups in total. The van der Waals surface area contributed by atoms with Gasteiger partial charge in [0.15, 0.2) is 5.88 Å². The number of fused-ring (bicyclic) bond motifs is 1. The molecule has 0 bridgehead atoms. The van der Waals surface area contributed by atoms with E-state index in [4.69, 9.17) is 9.84 Å². The van der Waals surface area contributed by atoms with E-state index in [-0.39, 0.29) is 18.1 Å². The van der Waals surface area contributed by atoms with Crippen LogP contribution >= 0.6 is 0 Å². The summed E-state index contributed by atoms with van der Waals surface area (Å²) in [5.41, 5.74) is 2.15. The van der Waals surface area contributed by atoms with Crippen LogP contribution in [0.3, 0.4) is 0 Å². The second kappa shape index (κ2) is 7.10. The summed E-state index contributed by atoms with van der Waals surface area (Å²) in [5.74, 6) is -1.52. The Morgan fingerprint density at radius 1 is 1.15 bits per heavy atom. The molecule has 1 heterocycles. The number of rotatable bonds is 5. The van der Waals surface area contributed by atoms with E-state index in [0.717, 1.165) is 0 Å². The Bertz CT molecular complexity index is 1000. The van der Waals surface area contributed by atoms with E-state index >= 15 is 0 Å². The van der Waals surface area contributed by atoms with Crippen LogP contribution in [0.5, 0.6) is 5.88 Å². The molecule has 0 unspecified atom stereocenters. The molecule has 3 rings (SSSR count). The number of hydrogen-bond acceptors (Lipinski definition) is 5. The normalized spacial score (nSPS) is 11.1. The molecule has 0 aliphatic rings. The van der Waals surface area contributed by atoms with Crippen molar-refractivity contribution in [2.45, 2.75) is 6.92 Å². The van der Waals surface area contributed by atoms with Crippen LogP contribution in [0.25, 0.3) is 10.9 Å². The van der Waals surface area contributed by atoms with Gasteiger partial charge in [-0.1, -0.05) is 6.07 Å². The Kier molecular flexibility index (Phi) is 4.70. The fraction of sp³-hybridized carbons (Fsp3) is 0.105. The molecule has 3 aromatic rings. The lowest BCUT2D eigenvalue weighted by atomic mass is 10.1. The number of nitrogens with zero attached hydrogens (tertiary/aromatic N) is 1. The number of carbonyl (C=O) groups excluding carboxylic acids is 1. The molecule has 0 radical (unpaired) electrons. The maximum atomic E-state index is 11.8. The van der Waals surface area contributed by atoms with Crippen molar-refractivity contribution < 1.29 is 24.5 Å². The zero-order valence-corrected chi connectivity index (χ0v) is 13.9. The Balaban J connectivity index is 1.91. The largest absolute Gasteiger partial charge is 0.494 e. The van der Waals surface area contributed by atoms with Crippen molar-refractivity contribution >= 4 is 34.7 Å². The van der Waals surface area contributed by atoms with E-state index in [1.807, 2.05) is 0 Å². The van der Waals surface area contributed by atoms with Gasteiger partial charge in [-0.2, -0.15) is 0 Å². The first kappa shape index (κ1) is 17.2. The molecule has 7 heteroatoms. The molecule has 0 fully saturated rings. The van der Waals surface area contributed by atoms with Gasteiger partial charge in [0.2, 0.25) is 0 Å². The molecule has 2 aromatic carbocycles. The van der Waals surface area contributed by atoms with Crippen molar-refractivity contribution in [2.75, 3.05) is 6.61 Å². The van der Waals surface area contributed by atoms with E-state index < -0.39 is 11.9 Å². The number of ether oxygens (including phenoxy) is 1. The summed E-state index contributed by atoms with van der Waals surface area (Å²) < 4.78 is 4.96. The van der Waals surface area contributed by atoms with Gasteiger partial charge >= 0.3 is 11.9 Å². The highest BCUT2D eigenvalue weighted by atomic mass is 16.5. The number of esters is 1. The van der Waals surface area contributed by atoms with E-state index in [2.05, 4.69) is 9.98 Å². The summed E-state index contributed by atoms with van der Waals surface area (Å²) in [5, 5.41) is 19.7. The lowest BCUT2D eigenvalue weighted by Crippen LogP contribution is -2.04. The first-order chi connectivity index (χ1) is 12.5. The van der Waals surface area contributed by atoms with Crippen LogP contribution in [-0.2, 0) is 4.74 Å². The van der Waals surface area contributed by atoms with E-state index in [9.17, 15) is 14.7 Å². The van der Waals surface area contributed by atoms with Gasteiger partial charge < -0.3 is 19.9 Å². The minimum Gasteiger partial charge on any atom is -0.494 e. The number of carbonyl (C=O) groups is 2. The van der Waals surface area contributed by atoms with Crippen LogP contribution in [-0.4, -0.2) is 40.0 Å². The fourth-order valence-corrected chi connectivity index (χ4v) is 2.51. The summed E-state index contributed by atoms with van der Waals surface area (Å²) in [6.07, 6.45) is 1.48. The van der Waals surface area contributed by atoms with Gasteiger partial charge in [0, 0.05) is 17.1 Å². The third kappa shape index (κ3) is 3.41. The molecule has 0 aliphatic heterocycles. The predicted octanol–water partition coefficient (Wildman–Crippen LogP) is 3.50. The number of benzene rings is 2. The number of nitrogens with one attached hydrogen (secondary N) is 1. The third-order valence-electron chi connectivity index (χ3n) is 3.79. The number of carboxylic acid groups (broad SMARTS) is 1. The number of hydrogen-bond donors (Lipinski definition) is 3. The van der Waals surface area contributed by atoms with Gasteiger partial charge in [0.1, 0.15) is 0 Å². The average molecular weight is 352 g/mol. The lowest BCUT2D eigenvalue weighted by Gasteiger charge is -2.01. The molecular formula is C19H16N2O5. The molecular weight excluding hydrogens is 336 g/mol. The SMILES string of the molecule is CCOC(=O)c1ccc2c(C=Nc3ccc(C(=O)O)cc3)c(O)[nH]c2c1. The van der Waals surface area contributed by atoms with Gasteiger partial charge in [0.05, 0.1) is 29.0 Å². The molecule has 0 amide bonds. The van der Waals surface area contributed by atoms with Crippen molar-refractivity contribution in [3.8, 4) is 5.88 Å². The quantitative estimate of drug-likeness (QED) is 0.480. The number of aromatic hydroxyl groups is 1. The first-order valence-electron chi connectivity index (χ1n) is 7.89. The summed E-state index contributed by atoms with van der Waals surface area (Å²) >= 11 is 0. The first-order valence-corrected chi connectivity index (χ1v) is 7.89. The topological polar surface area (TPSA) is 112 Å². The molecule has 0 saturated carbocycles. The molecule has 0 spiro atoms. The molecule has 1 aromatic heterocycles. The summed E-state index contributed by atoms with van der Waals surface area (Å²) in [4.78, 5) is 29.7. The van der Waals surface area contributed by atoms with Crippen LogP contribution in [0.4, 0.5) is 5.69 Å². The highest BCUT2D eigenvalue weighted by Gasteiger charge is 2.13. The Hall–Kier alpha value is -3.61. The highest BCUT2D eigenvalue weighted by Crippen LogP contribution is 2.27. The number of H-pyrrole nitrogens is 1. The van der Waals surface area contributed by atoms with Crippen LogP contribution in [0.15, 0.2) is 47.5 Å². The number of carboxylic acids is 1. The van der Waals surface area contributed by atoms with Gasteiger partial charge in [-0.25, -0.2) is 9.59 Å². The summed E-state index contributed by atoms with van der Waals surface area (Å²) in [6.45, 7) is 2.01. The number of aliphatic imine (C=N–C) groups is 1. The van der Waals surface area contributed by atoms with E-state index in [1.54, 1.807) is 37.3 Å². The van der Waals surface area contributed by atoms with E-state index in [1.165, 1.54) is 18.3 Å². The monoisotopic (exact) mass is 352 g/mol. The van der Waals surface area contributed by atoms with Crippen LogP contribution in [0.2, 0.25) is 0 Å². The third-order valence-corrected chi connectivity index (χ3v) is 3.79. The minimum absolute atomic E-state index is 0.0769. The Labute approximate surface area is 148 Å². The number of aromatic nitrogens is 1. The Morgan fingerprint density at radius 2 is 1.85 bits per heavy atom. The van der Waals surface area contributed by atoms with Gasteiger partial charge in [-0.3, -0.25) is 4.99 Å². The van der Waals surface area contributed by atoms with Crippen molar-refractivity contribution in [1.82, 2.24) is 4.98 Å². The van der Waals surface area contributed by atoms with Gasteiger partial charge in [-0.05, 0) is 43.3 Å². The average Bonchev–Trinajstić information content (AvgIpc) is 2.94. The molecule has 0 saturated heterocycles. The molecule has 26 heavy (non-hydrogen) atoms. The predicted molar refractivity (Wildman–Crippen MR) is 96.6 cm³/mol. The molecule has 0 aliphatic carbocycles. The van der Waals surface area contributed by atoms with Crippen LogP contribution < -0.4 is 0 Å². The van der Waals surface area contributed by atoms with Gasteiger partial charge in [0.25, 0.3) is 0 Å². The van der Waals surface area contributed by atoms with Crippen molar-refractivity contribution in [3.05, 3.63) is 59.2 Å². The second-order valence-electron chi connectivity index (χ2n) is 5.48. The van der Waals surface area contributed by atoms with Crippen molar-refractivity contribution in [1.29, 1.82) is 0 Å². The lowest BCUT2D eigenvalue weighted by molar-refractivity contribution is 0.0526. The summed E-state index contributed by atoms with van der Waals surface area (Å²) in [6, 6.07) is 11.0. The zero-order chi connectivity index (χ0) is 18.7. The number of aromatic amines is 1. The zero-order valence-electron chi connectivity index (χ0n) is 13.9. The maximum absolute atomic E-state index is 11.8. The Morgan fingerprint density at radius 3 is 2.50 bits per heavy atom. The number of aromatic carboxylic acids is 1. The molecule has 0 atom stereocenters. The van der Waals surface area contributed by atoms with Gasteiger partial charge in [-0.15, -0.1) is 0 Å². The molecule has 132 valence electrons. The van der Waals surface area contributed by atoms with Crippen molar-refractivity contribution in [2.24, 2.45) is 4.99 Å². The van der Waals surface area contributed by atoms with Crippen LogP contribution in [0.1, 0.15) is 33.2 Å². The van der Waals surface area contributed by atoms with Crippen LogP contribution in [0, 0.1) is 0 Å². The standard InChI is InChI=1S/C19H16N2O5/c1-2-26-19(25)12-5-8-14-15(17(22)21-16(14)9-12)10-20-13-6-3-11(4-7-13)18(23)24/h3-10,21-22H,2H2,1H3,(H,23,24). The molecule has 7 nitrogen and oxygen atoms in total. The fourth-order valence-electron chi connectivity index (χ4n) is 2.51. The highest BCUT2D eigenvalue weighted by molar-refractivity contribution is 6.04. The summed E-state index contributed by atoms with van der Waals surface area (Å²) in [7, 11) is 0. The second-order valence-corrected chi connectivity index (χ2v) is 5.48. The minimum atomic E-state index is -1.01. The van der Waals surface area contributed by atoms with Crippen molar-refractivity contribution in [3.63, 3.8) is 0 Å². The smallest absolute Gasteiger partial charge is 0.338 e. The maximum Gasteiger partial charge on any atom is 0.338 e.